The monoisotopic (exact) mass is 681 g/mol. The minimum Gasteiger partial charge on any atom is -0.388 e. The fraction of sp³-hybridized carbons (Fsp3) is 0.286. The molecule has 0 bridgehead atoms. The number of fused-ring (bicyclic) bond motifs is 3. The molecule has 1 aliphatic rings. The molecule has 14 heteroatoms. The molecule has 0 saturated carbocycles. The van der Waals surface area contributed by atoms with Crippen molar-refractivity contribution in [2.75, 3.05) is 4.90 Å². The van der Waals surface area contributed by atoms with Gasteiger partial charge in [-0.15, -0.1) is 10.5 Å². The van der Waals surface area contributed by atoms with Crippen LogP contribution in [-0.2, 0) is 32.1 Å². The number of rotatable bonds is 8. The van der Waals surface area contributed by atoms with Crippen LogP contribution < -0.4 is 14.4 Å². The number of hydrogen-bond acceptors (Lipinski definition) is 13. The minimum absolute atomic E-state index is 0.121. The summed E-state index contributed by atoms with van der Waals surface area (Å²) in [7, 11) is 0. The van der Waals surface area contributed by atoms with Gasteiger partial charge in [0.05, 0.1) is 28.8 Å². The zero-order valence-electron chi connectivity index (χ0n) is 27.9. The number of ether oxygens (including phenoxy) is 2. The lowest BCUT2D eigenvalue weighted by Crippen LogP contribution is -2.20. The lowest BCUT2D eigenvalue weighted by molar-refractivity contribution is -0.141. The Morgan fingerprint density at radius 3 is 2.10 bits per heavy atom. The second kappa shape index (κ2) is 16.3. The standard InChI is InChI=1S/C33H29N7O6S.C2H6/c1-19(37-45-21(3)41)23-5-7-24(8-6-23)39(25-11-26(43-17-34)13-27(12-25)44-18-35)32-15-33-31(30-14-28(47)9-10-29(30)32)16-36-40(33)20(2)38-46-22(4)42;1-2/h5-8,11-13,15-16,28,47H,9-10,14H2,1-4H3;1-2H3/b37-19-,38-20-;. The van der Waals surface area contributed by atoms with Crippen LogP contribution in [0.5, 0.6) is 11.5 Å². The number of nitriles is 2. The molecular formula is C35H35N7O6S. The number of benzene rings is 3. The Kier molecular flexibility index (Phi) is 12.0. The molecule has 1 aromatic heterocycles. The quantitative estimate of drug-likeness (QED) is 0.0508. The molecule has 13 nitrogen and oxygen atoms in total. The molecule has 0 N–H and O–H groups in total. The first-order valence-electron chi connectivity index (χ1n) is 15.4. The topological polar surface area (TPSA) is 164 Å². The number of carbonyl (C=O) groups is 2. The van der Waals surface area contributed by atoms with E-state index in [0.29, 0.717) is 41.3 Å². The van der Waals surface area contributed by atoms with Crippen LogP contribution in [0, 0.1) is 23.0 Å². The third kappa shape index (κ3) is 8.36. The third-order valence-electron chi connectivity index (χ3n) is 7.40. The van der Waals surface area contributed by atoms with E-state index in [4.69, 9.17) is 31.8 Å². The summed E-state index contributed by atoms with van der Waals surface area (Å²) in [6, 6.07) is 14.2. The van der Waals surface area contributed by atoms with Crippen molar-refractivity contribution in [3.8, 4) is 24.0 Å². The van der Waals surface area contributed by atoms with E-state index in [9.17, 15) is 20.1 Å². The first kappa shape index (κ1) is 36.0. The molecule has 0 aliphatic heterocycles. The largest absolute Gasteiger partial charge is 0.388 e. The zero-order valence-corrected chi connectivity index (χ0v) is 28.8. The third-order valence-corrected chi connectivity index (χ3v) is 7.84. The fourth-order valence-corrected chi connectivity index (χ4v) is 5.74. The molecule has 4 aromatic rings. The highest BCUT2D eigenvalue weighted by Gasteiger charge is 2.28. The van der Waals surface area contributed by atoms with Gasteiger partial charge in [-0.25, -0.2) is 14.3 Å². The second-order valence-electron chi connectivity index (χ2n) is 10.7. The summed E-state index contributed by atoms with van der Waals surface area (Å²) < 4.78 is 12.0. The molecule has 0 saturated heterocycles. The molecule has 252 valence electrons. The number of aromatic nitrogens is 2. The van der Waals surface area contributed by atoms with Crippen molar-refractivity contribution in [3.05, 3.63) is 71.4 Å². The van der Waals surface area contributed by atoms with Crippen molar-refractivity contribution in [2.45, 2.75) is 66.1 Å². The van der Waals surface area contributed by atoms with Gasteiger partial charge in [-0.2, -0.15) is 17.7 Å². The van der Waals surface area contributed by atoms with Crippen LogP contribution in [-0.4, -0.2) is 38.5 Å². The minimum atomic E-state index is -0.561. The Balaban J connectivity index is 0.00000265. The van der Waals surface area contributed by atoms with Crippen LogP contribution in [0.2, 0.25) is 0 Å². The van der Waals surface area contributed by atoms with Gasteiger partial charge in [0.2, 0.25) is 0 Å². The van der Waals surface area contributed by atoms with Gasteiger partial charge in [0.25, 0.3) is 12.5 Å². The Hall–Kier alpha value is -5.86. The lowest BCUT2D eigenvalue weighted by Gasteiger charge is -2.32. The molecule has 1 atom stereocenters. The molecule has 3 aromatic carbocycles. The molecule has 0 spiro atoms. The summed E-state index contributed by atoms with van der Waals surface area (Å²) in [5.74, 6) is -0.415. The van der Waals surface area contributed by atoms with E-state index in [-0.39, 0.29) is 16.7 Å². The maximum atomic E-state index is 11.5. The van der Waals surface area contributed by atoms with Gasteiger partial charge in [-0.05, 0) is 68.0 Å². The van der Waals surface area contributed by atoms with Crippen molar-refractivity contribution < 1.29 is 28.7 Å². The SMILES string of the molecule is CC.CC(=O)O/N=C(/C)c1ccc(N(c2cc(OC#N)cc(OC#N)c2)c2cc3c(cnn3/C(C)=N\OC(C)=O)c3c2CCC(S)C3)cc1. The van der Waals surface area contributed by atoms with Crippen LogP contribution in [0.15, 0.2) is 65.0 Å². The van der Waals surface area contributed by atoms with Gasteiger partial charge in [0.1, 0.15) is 11.5 Å². The van der Waals surface area contributed by atoms with E-state index in [1.807, 2.05) is 49.1 Å². The summed E-state index contributed by atoms with van der Waals surface area (Å²) in [5.41, 5.74) is 6.06. The first-order chi connectivity index (χ1) is 23.6. The number of nitrogens with zero attached hydrogens (tertiary/aromatic N) is 7. The van der Waals surface area contributed by atoms with Crippen molar-refractivity contribution in [1.82, 2.24) is 9.78 Å². The number of hydrogen-bond donors (Lipinski definition) is 1. The molecule has 0 radical (unpaired) electrons. The van der Waals surface area contributed by atoms with Crippen molar-refractivity contribution >= 4 is 64.1 Å². The summed E-state index contributed by atoms with van der Waals surface area (Å²) in [4.78, 5) is 34.5. The van der Waals surface area contributed by atoms with E-state index < -0.39 is 11.9 Å². The first-order valence-corrected chi connectivity index (χ1v) is 15.9. The van der Waals surface area contributed by atoms with Crippen molar-refractivity contribution in [1.29, 1.82) is 10.5 Å². The van der Waals surface area contributed by atoms with Crippen LogP contribution in [0.3, 0.4) is 0 Å². The highest BCUT2D eigenvalue weighted by Crippen LogP contribution is 2.45. The Morgan fingerprint density at radius 1 is 0.898 bits per heavy atom. The van der Waals surface area contributed by atoms with Gasteiger partial charge >= 0.3 is 11.9 Å². The molecule has 1 heterocycles. The molecule has 0 fully saturated rings. The average Bonchev–Trinajstić information content (AvgIpc) is 3.52. The number of carbonyl (C=O) groups excluding carboxylic acids is 2. The van der Waals surface area contributed by atoms with Gasteiger partial charge in [0, 0.05) is 48.4 Å². The molecule has 1 unspecified atom stereocenters. The fourth-order valence-electron chi connectivity index (χ4n) is 5.42. The van der Waals surface area contributed by atoms with Crippen LogP contribution in [0.25, 0.3) is 10.9 Å². The molecule has 5 rings (SSSR count). The number of thiol groups is 1. The smallest absolute Gasteiger partial charge is 0.332 e. The van der Waals surface area contributed by atoms with E-state index in [2.05, 4.69) is 15.4 Å². The summed E-state index contributed by atoms with van der Waals surface area (Å²) in [6.07, 6.45) is 7.33. The van der Waals surface area contributed by atoms with Gasteiger partial charge in [-0.3, -0.25) is 0 Å². The predicted octanol–water partition coefficient (Wildman–Crippen LogP) is 7.07. The Bertz CT molecular complexity index is 1970. The van der Waals surface area contributed by atoms with Crippen LogP contribution in [0.1, 0.15) is 64.7 Å². The van der Waals surface area contributed by atoms with Gasteiger partial charge in [0.15, 0.2) is 5.84 Å². The molecule has 0 amide bonds. The number of oxime groups is 2. The lowest BCUT2D eigenvalue weighted by atomic mass is 9.87. The summed E-state index contributed by atoms with van der Waals surface area (Å²) in [6.45, 7) is 9.94. The highest BCUT2D eigenvalue weighted by atomic mass is 32.1. The van der Waals surface area contributed by atoms with E-state index >= 15 is 0 Å². The number of anilines is 3. The van der Waals surface area contributed by atoms with E-state index in [1.165, 1.54) is 19.9 Å². The summed E-state index contributed by atoms with van der Waals surface area (Å²) >= 11 is 4.82. The van der Waals surface area contributed by atoms with Gasteiger partial charge in [-0.1, -0.05) is 36.3 Å². The highest BCUT2D eigenvalue weighted by molar-refractivity contribution is 7.80. The summed E-state index contributed by atoms with van der Waals surface area (Å²) in [5, 5.41) is 32.1. The van der Waals surface area contributed by atoms with Crippen molar-refractivity contribution in [2.24, 2.45) is 10.3 Å². The predicted molar refractivity (Wildman–Crippen MR) is 187 cm³/mol. The maximum Gasteiger partial charge on any atom is 0.332 e. The Morgan fingerprint density at radius 2 is 1.51 bits per heavy atom. The van der Waals surface area contributed by atoms with Gasteiger partial charge < -0.3 is 24.0 Å². The van der Waals surface area contributed by atoms with Crippen LogP contribution >= 0.6 is 12.6 Å². The van der Waals surface area contributed by atoms with Crippen LogP contribution in [0.4, 0.5) is 17.1 Å². The molecule has 49 heavy (non-hydrogen) atoms. The zero-order chi connectivity index (χ0) is 35.7. The second-order valence-corrected chi connectivity index (χ2v) is 11.4. The van der Waals surface area contributed by atoms with E-state index in [0.717, 1.165) is 34.2 Å². The molecule has 1 aliphatic carbocycles. The Labute approximate surface area is 289 Å². The van der Waals surface area contributed by atoms with E-state index in [1.54, 1.807) is 49.4 Å². The molecular weight excluding hydrogens is 646 g/mol. The normalized spacial score (nSPS) is 13.9. The maximum absolute atomic E-state index is 11.5. The average molecular weight is 682 g/mol. The van der Waals surface area contributed by atoms with Crippen molar-refractivity contribution in [3.63, 3.8) is 0 Å².